The van der Waals surface area contributed by atoms with Crippen molar-refractivity contribution in [2.45, 2.75) is 159 Å². The predicted octanol–water partition coefficient (Wildman–Crippen LogP) is 23.9. The maximum Gasteiger partial charge on any atom is 0.303 e. The maximum absolute atomic E-state index is 13.6. The van der Waals surface area contributed by atoms with Gasteiger partial charge in [0.15, 0.2) is 0 Å². The van der Waals surface area contributed by atoms with Crippen molar-refractivity contribution in [1.29, 1.82) is 0 Å². The zero-order valence-corrected chi connectivity index (χ0v) is 73.9. The Balaban J connectivity index is 0.000000149. The number of hydrogen-bond acceptors (Lipinski definition) is 16. The molecule has 13 aromatic rings. The number of aromatic nitrogens is 2. The van der Waals surface area contributed by atoms with Crippen LogP contribution >= 0.6 is 0 Å². The SMILES string of the molecule is Cn1c(-c2ccc(-c3ccco3)cc2)cnc1-c1ccccc1OCCCCCC(=O)O.O=C(O)CCCCCOc1ccccc1C(=O)N1CCCC1c1ccc(-c2ccco2)cc1.O=C(O)CCCCCOc1ccccc1C(=O)N1CCCCC1c1ccc(-c2ccco2)cc1.O=C(O)CCCCCOc1ccccc1C1CCN1C(=O)c1ccc(-c2ccco2)cc1. The van der Waals surface area contributed by atoms with Gasteiger partial charge in [-0.25, -0.2) is 4.98 Å². The third-order valence-electron chi connectivity index (χ3n) is 23.5. The van der Waals surface area contributed by atoms with Crippen LogP contribution < -0.4 is 18.9 Å². The van der Waals surface area contributed by atoms with Gasteiger partial charge >= 0.3 is 23.9 Å². The molecule has 24 heteroatoms. The number of piperidine rings is 1. The van der Waals surface area contributed by atoms with Crippen LogP contribution in [0.3, 0.4) is 0 Å². The summed E-state index contributed by atoms with van der Waals surface area (Å²) in [5, 5.41) is 34.9. The summed E-state index contributed by atoms with van der Waals surface area (Å²) in [7, 11) is 2.00. The molecule has 0 spiro atoms. The summed E-state index contributed by atoms with van der Waals surface area (Å²) in [5.41, 5.74) is 12.1. The standard InChI is InChI=1S/C28H31NO5.C27H29NO5.C26H26N2O4.C26H27NO5/c30-27(31)13-2-1-7-19-34-26-11-4-3-9-23(26)28(32)29-18-6-5-10-24(29)21-14-16-22(17-15-21)25-12-8-20-33-25;29-26(30)12-2-1-5-18-33-25-10-4-3-8-22(25)27(31)28-17-6-9-23(28)20-13-15-21(16-14-20)24-11-7-19-32-24;1-28-22(19-12-14-20(15-13-19)23-10-7-17-31-23)18-27-26(28)21-8-4-5-9-24(21)32-16-6-2-3-11-25(29)30;28-25(29)10-2-1-5-17-32-24-8-4-3-7-21(24)22-15-16-27(22)26(30)20-13-11-19(12-14-20)23-9-6-18-31-23/h3-4,8-9,11-12,14-17,20,24H,1-2,5-7,10,13,18-19H2,(H,30,31);3-4,7-8,10-11,13-16,19,23H,1-2,5-6,9,12,17-18H2,(H,29,30);4-5,7-10,12-15,17-18H,2-3,6,11,16H2,1H3,(H,29,30);3-4,6-9,11-14,18,22H,1-2,5,10,15-17H2,(H,28,29). The Kier molecular flexibility index (Phi) is 35.0. The molecule has 4 N–H and O–H groups in total. The smallest absolute Gasteiger partial charge is 0.303 e. The van der Waals surface area contributed by atoms with Gasteiger partial charge in [-0.2, -0.15) is 0 Å². The molecule has 3 unspecified atom stereocenters. The number of imidazole rings is 1. The third-order valence-corrected chi connectivity index (χ3v) is 23.5. The fourth-order valence-electron chi connectivity index (χ4n) is 16.5. The van der Waals surface area contributed by atoms with Crippen molar-refractivity contribution in [1.82, 2.24) is 24.3 Å². The second-order valence-electron chi connectivity index (χ2n) is 32.5. The van der Waals surface area contributed by atoms with Gasteiger partial charge in [0, 0.05) is 85.7 Å². The molecule has 131 heavy (non-hydrogen) atoms. The van der Waals surface area contributed by atoms with Crippen molar-refractivity contribution in [2.24, 2.45) is 7.05 Å². The van der Waals surface area contributed by atoms with E-state index in [1.807, 2.05) is 234 Å². The number of furan rings is 4. The molecule has 8 aromatic carbocycles. The van der Waals surface area contributed by atoms with Crippen LogP contribution in [0.5, 0.6) is 23.0 Å². The second kappa shape index (κ2) is 48.7. The van der Waals surface area contributed by atoms with E-state index in [0.29, 0.717) is 99.9 Å². The molecule has 8 heterocycles. The number of ether oxygens (including phenoxy) is 4. The van der Waals surface area contributed by atoms with Gasteiger partial charge in [-0.05, 0) is 235 Å². The number of hydrogen-bond donors (Lipinski definition) is 4. The first-order valence-corrected chi connectivity index (χ1v) is 45.3. The Labute approximate surface area is 763 Å². The predicted molar refractivity (Wildman–Crippen MR) is 499 cm³/mol. The number of nitrogens with zero attached hydrogens (tertiary/aromatic N) is 5. The average Bonchev–Trinajstić information content (AvgIpc) is 1.77. The number of carbonyl (C=O) groups excluding carboxylic acids is 3. The van der Waals surface area contributed by atoms with E-state index >= 15 is 0 Å². The van der Waals surface area contributed by atoms with Gasteiger partial charge in [0.05, 0.1) is 98.2 Å². The first-order valence-electron chi connectivity index (χ1n) is 45.3. The summed E-state index contributed by atoms with van der Waals surface area (Å²) in [6.07, 6.45) is 24.0. The van der Waals surface area contributed by atoms with E-state index in [-0.39, 0.29) is 61.5 Å². The van der Waals surface area contributed by atoms with Crippen LogP contribution in [0.1, 0.15) is 207 Å². The number of amides is 3. The number of unbranched alkanes of at least 4 members (excludes halogenated alkanes) is 8. The summed E-state index contributed by atoms with van der Waals surface area (Å²) in [4.78, 5) is 93.2. The molecule has 3 aliphatic heterocycles. The number of carboxylic acid groups (broad SMARTS) is 4. The second-order valence-corrected chi connectivity index (χ2v) is 32.5. The molecule has 3 amide bonds. The number of rotatable bonds is 40. The molecule has 5 aromatic heterocycles. The number of aliphatic carboxylic acids is 4. The lowest BCUT2D eigenvalue weighted by molar-refractivity contribution is -0.138. The first kappa shape index (κ1) is 94.2. The topological polar surface area (TPSA) is 317 Å². The molecular weight excluding hydrogens is 1660 g/mol. The van der Waals surface area contributed by atoms with Gasteiger partial charge in [-0.1, -0.05) is 140 Å². The van der Waals surface area contributed by atoms with Crippen molar-refractivity contribution < 1.29 is 90.6 Å². The number of para-hydroxylation sites is 4. The molecule has 3 fully saturated rings. The van der Waals surface area contributed by atoms with Crippen molar-refractivity contribution in [3.63, 3.8) is 0 Å². The fraction of sp³-hybridized carbons (Fsp3) is 0.308. The lowest BCUT2D eigenvalue weighted by Gasteiger charge is -2.42. The molecular formula is C107H113N5O19. The van der Waals surface area contributed by atoms with Crippen LogP contribution in [0, 0.1) is 0 Å². The minimum absolute atomic E-state index is 0.00420. The highest BCUT2D eigenvalue weighted by Crippen LogP contribution is 2.42. The van der Waals surface area contributed by atoms with Crippen molar-refractivity contribution >= 4 is 41.6 Å². The van der Waals surface area contributed by atoms with Crippen LogP contribution in [0.15, 0.2) is 292 Å². The monoisotopic (exact) mass is 1770 g/mol. The van der Waals surface area contributed by atoms with E-state index in [1.165, 1.54) is 0 Å². The summed E-state index contributed by atoms with van der Waals surface area (Å²) in [6, 6.07) is 78.0. The highest BCUT2D eigenvalue weighted by molar-refractivity contribution is 5.98. The van der Waals surface area contributed by atoms with Crippen molar-refractivity contribution in [3.05, 3.63) is 307 Å². The average molecular weight is 1770 g/mol. The molecule has 3 aliphatic rings. The van der Waals surface area contributed by atoms with E-state index in [2.05, 4.69) is 45.9 Å². The van der Waals surface area contributed by atoms with Gasteiger partial charge in [-0.15, -0.1) is 0 Å². The summed E-state index contributed by atoms with van der Waals surface area (Å²) >= 11 is 0. The normalized spacial score (nSPS) is 14.4. The number of likely N-dealkylation sites (tertiary alicyclic amines) is 3. The van der Waals surface area contributed by atoms with Gasteiger partial charge in [-0.3, -0.25) is 33.6 Å². The van der Waals surface area contributed by atoms with Crippen LogP contribution in [-0.2, 0) is 26.2 Å². The highest BCUT2D eigenvalue weighted by Gasteiger charge is 2.37. The molecule has 680 valence electrons. The molecule has 0 saturated carbocycles. The minimum Gasteiger partial charge on any atom is -0.493 e. The lowest BCUT2D eigenvalue weighted by Crippen LogP contribution is -2.45. The number of carboxylic acids is 4. The van der Waals surface area contributed by atoms with Crippen LogP contribution in [0.25, 0.3) is 67.9 Å². The fourth-order valence-corrected chi connectivity index (χ4v) is 16.5. The molecule has 0 bridgehead atoms. The molecule has 0 aliphatic carbocycles. The third kappa shape index (κ3) is 26.6. The van der Waals surface area contributed by atoms with E-state index in [0.717, 1.165) is 186 Å². The Hall–Kier alpha value is -14.4. The number of carbonyl (C=O) groups is 7. The highest BCUT2D eigenvalue weighted by atomic mass is 16.5. The van der Waals surface area contributed by atoms with Crippen LogP contribution in [-0.4, -0.2) is 132 Å². The Morgan fingerprint density at radius 2 is 0.695 bits per heavy atom. The van der Waals surface area contributed by atoms with Crippen molar-refractivity contribution in [3.8, 4) is 90.9 Å². The van der Waals surface area contributed by atoms with Gasteiger partial charge in [0.1, 0.15) is 51.9 Å². The molecule has 16 rings (SSSR count). The minimum atomic E-state index is -0.775. The van der Waals surface area contributed by atoms with Gasteiger partial charge in [0.25, 0.3) is 17.7 Å². The Morgan fingerprint density at radius 3 is 1.11 bits per heavy atom. The molecule has 3 atom stereocenters. The Morgan fingerprint density at radius 1 is 0.336 bits per heavy atom. The van der Waals surface area contributed by atoms with Gasteiger partial charge in [0.2, 0.25) is 0 Å². The van der Waals surface area contributed by atoms with E-state index in [9.17, 15) is 33.6 Å². The first-order chi connectivity index (χ1) is 64.0. The summed E-state index contributed by atoms with van der Waals surface area (Å²) in [6.45, 7) is 4.14. The van der Waals surface area contributed by atoms with Gasteiger partial charge < -0.3 is 76.3 Å². The van der Waals surface area contributed by atoms with Crippen molar-refractivity contribution in [2.75, 3.05) is 46.1 Å². The van der Waals surface area contributed by atoms with Crippen LogP contribution in [0.4, 0.5) is 0 Å². The maximum atomic E-state index is 13.6. The van der Waals surface area contributed by atoms with E-state index in [1.54, 1.807) is 25.1 Å². The van der Waals surface area contributed by atoms with Crippen LogP contribution in [0.2, 0.25) is 0 Å². The Bertz CT molecular complexity index is 5750. The molecule has 0 radical (unpaired) electrons. The largest absolute Gasteiger partial charge is 0.493 e. The number of benzene rings is 8. The summed E-state index contributed by atoms with van der Waals surface area (Å²) in [5.74, 6) is 3.76. The molecule has 24 nitrogen and oxygen atoms in total. The quantitative estimate of drug-likeness (QED) is 0.0259. The van der Waals surface area contributed by atoms with E-state index in [4.69, 9.17) is 57.0 Å². The lowest BCUT2D eigenvalue weighted by atomic mass is 9.92. The zero-order valence-electron chi connectivity index (χ0n) is 73.9. The summed E-state index contributed by atoms with van der Waals surface area (Å²) < 4.78 is 47.8. The van der Waals surface area contributed by atoms with E-state index < -0.39 is 23.9 Å². The zero-order chi connectivity index (χ0) is 91.5. The molecule has 3 saturated heterocycles.